The van der Waals surface area contributed by atoms with Crippen LogP contribution in [0, 0.1) is 0 Å². The molecule has 2 aromatic carbocycles. The number of aromatic nitrogens is 3. The van der Waals surface area contributed by atoms with Gasteiger partial charge >= 0.3 is 0 Å². The van der Waals surface area contributed by atoms with Crippen molar-refractivity contribution >= 4 is 16.3 Å². The third-order valence-corrected chi connectivity index (χ3v) is 6.11. The second-order valence-corrected chi connectivity index (χ2v) is 7.56. The highest BCUT2D eigenvalue weighted by atomic mass is 32.1. The van der Waals surface area contributed by atoms with E-state index in [0.717, 1.165) is 29.3 Å². The number of benzene rings is 2. The van der Waals surface area contributed by atoms with Crippen LogP contribution in [-0.2, 0) is 13.0 Å². The lowest BCUT2D eigenvalue weighted by Crippen LogP contribution is -2.34. The van der Waals surface area contributed by atoms with Gasteiger partial charge in [0.1, 0.15) is 6.33 Å². The number of hydrogen-bond donors (Lipinski definition) is 1. The summed E-state index contributed by atoms with van der Waals surface area (Å²) in [5.41, 5.74) is 3.95. The largest absolute Gasteiger partial charge is 0.492 e. The van der Waals surface area contributed by atoms with E-state index in [0.29, 0.717) is 0 Å². The minimum absolute atomic E-state index is 0.0157. The third-order valence-electron chi connectivity index (χ3n) is 5.03. The highest BCUT2D eigenvalue weighted by Crippen LogP contribution is 2.41. The Morgan fingerprint density at radius 3 is 2.58 bits per heavy atom. The molecule has 2 aromatic heterocycles. The first-order chi connectivity index (χ1) is 12.8. The van der Waals surface area contributed by atoms with Gasteiger partial charge < -0.3 is 5.11 Å². The molecule has 0 amide bonds. The van der Waals surface area contributed by atoms with E-state index in [1.54, 1.807) is 0 Å². The van der Waals surface area contributed by atoms with E-state index in [9.17, 15) is 5.11 Å². The lowest BCUT2D eigenvalue weighted by molar-refractivity contribution is 0.205. The molecular formula is C20H18N4OS. The molecule has 0 unspecified atom stereocenters. The van der Waals surface area contributed by atoms with Crippen molar-refractivity contribution in [2.45, 2.75) is 19.0 Å². The van der Waals surface area contributed by atoms with E-state index in [1.165, 1.54) is 38.9 Å². The van der Waals surface area contributed by atoms with Crippen molar-refractivity contribution in [1.29, 1.82) is 0 Å². The van der Waals surface area contributed by atoms with Gasteiger partial charge in [-0.25, -0.2) is 4.98 Å². The van der Waals surface area contributed by atoms with Crippen LogP contribution in [0.4, 0.5) is 0 Å². The van der Waals surface area contributed by atoms with Crippen LogP contribution in [0.2, 0.25) is 0 Å². The topological polar surface area (TPSA) is 53.7 Å². The monoisotopic (exact) mass is 362 g/mol. The molecule has 130 valence electrons. The van der Waals surface area contributed by atoms with E-state index in [-0.39, 0.29) is 11.9 Å². The zero-order valence-electron chi connectivity index (χ0n) is 14.1. The first kappa shape index (κ1) is 15.5. The zero-order valence-corrected chi connectivity index (χ0v) is 14.9. The quantitative estimate of drug-likeness (QED) is 0.604. The van der Waals surface area contributed by atoms with Gasteiger partial charge in [-0.2, -0.15) is 9.61 Å². The molecule has 4 aromatic rings. The molecule has 5 rings (SSSR count). The zero-order chi connectivity index (χ0) is 17.5. The van der Waals surface area contributed by atoms with Gasteiger partial charge in [0, 0.05) is 13.1 Å². The average molecular weight is 362 g/mol. The molecule has 0 spiro atoms. The van der Waals surface area contributed by atoms with Gasteiger partial charge in [0.2, 0.25) is 10.8 Å². The molecule has 5 nitrogen and oxygen atoms in total. The Morgan fingerprint density at radius 2 is 1.77 bits per heavy atom. The van der Waals surface area contributed by atoms with Crippen LogP contribution in [0.3, 0.4) is 0 Å². The first-order valence-corrected chi connectivity index (χ1v) is 9.50. The summed E-state index contributed by atoms with van der Waals surface area (Å²) in [6.07, 6.45) is 2.49. The summed E-state index contributed by atoms with van der Waals surface area (Å²) >= 11 is 1.51. The fraction of sp³-hybridized carbons (Fsp3) is 0.200. The lowest BCUT2D eigenvalue weighted by Gasteiger charge is -2.35. The fourth-order valence-corrected chi connectivity index (χ4v) is 4.86. The molecule has 0 saturated heterocycles. The molecular weight excluding hydrogens is 344 g/mol. The van der Waals surface area contributed by atoms with Crippen LogP contribution in [-0.4, -0.2) is 31.1 Å². The predicted octanol–water partition coefficient (Wildman–Crippen LogP) is 3.64. The number of aromatic hydroxyl groups is 1. The number of hydrogen-bond acceptors (Lipinski definition) is 5. The molecule has 6 heteroatoms. The normalized spacial score (nSPS) is 15.8. The molecule has 1 N–H and O–H groups in total. The smallest absolute Gasteiger partial charge is 0.230 e. The molecule has 1 aliphatic rings. The summed E-state index contributed by atoms with van der Waals surface area (Å²) in [6, 6.07) is 19.0. The third kappa shape index (κ3) is 2.50. The van der Waals surface area contributed by atoms with Crippen molar-refractivity contribution in [2.24, 2.45) is 0 Å². The fourth-order valence-electron chi connectivity index (χ4n) is 3.77. The van der Waals surface area contributed by atoms with E-state index in [4.69, 9.17) is 0 Å². The van der Waals surface area contributed by atoms with Crippen LogP contribution < -0.4 is 0 Å². The summed E-state index contributed by atoms with van der Waals surface area (Å²) < 4.78 is 1.52. The van der Waals surface area contributed by atoms with Crippen LogP contribution in [0.1, 0.15) is 27.6 Å². The molecule has 26 heavy (non-hydrogen) atoms. The van der Waals surface area contributed by atoms with Crippen molar-refractivity contribution in [3.63, 3.8) is 0 Å². The first-order valence-electron chi connectivity index (χ1n) is 8.68. The summed E-state index contributed by atoms with van der Waals surface area (Å²) in [6.45, 7) is 1.81. The number of rotatable bonds is 3. The van der Waals surface area contributed by atoms with Crippen LogP contribution in [0.25, 0.3) is 4.96 Å². The van der Waals surface area contributed by atoms with E-state index in [1.807, 2.05) is 18.2 Å². The molecule has 0 fully saturated rings. The number of thiazole rings is 1. The maximum absolute atomic E-state index is 10.8. The second kappa shape index (κ2) is 6.23. The SMILES string of the molecule is Oc1c([C@@H](c2ccccc2)N2CCc3ccccc3C2)sc2ncnn12. The maximum Gasteiger partial charge on any atom is 0.230 e. The second-order valence-electron chi connectivity index (χ2n) is 6.55. The molecule has 1 aliphatic heterocycles. The molecule has 0 saturated carbocycles. The molecule has 0 radical (unpaired) electrons. The Morgan fingerprint density at radius 1 is 1.00 bits per heavy atom. The maximum atomic E-state index is 10.8. The van der Waals surface area contributed by atoms with Crippen molar-refractivity contribution in [1.82, 2.24) is 19.5 Å². The average Bonchev–Trinajstić information content (AvgIpc) is 3.27. The van der Waals surface area contributed by atoms with E-state index < -0.39 is 0 Å². The number of nitrogens with zero attached hydrogens (tertiary/aromatic N) is 4. The van der Waals surface area contributed by atoms with Gasteiger partial charge in [-0.1, -0.05) is 65.9 Å². The van der Waals surface area contributed by atoms with Gasteiger partial charge in [-0.15, -0.1) is 0 Å². The minimum atomic E-state index is -0.0157. The Hall–Kier alpha value is -2.70. The predicted molar refractivity (Wildman–Crippen MR) is 101 cm³/mol. The summed E-state index contributed by atoms with van der Waals surface area (Å²) in [5.74, 6) is 0.190. The summed E-state index contributed by atoms with van der Waals surface area (Å²) in [4.78, 5) is 8.30. The van der Waals surface area contributed by atoms with Crippen molar-refractivity contribution < 1.29 is 5.11 Å². The molecule has 0 bridgehead atoms. The summed E-state index contributed by atoms with van der Waals surface area (Å²) in [5, 5.41) is 14.9. The molecule has 3 heterocycles. The summed E-state index contributed by atoms with van der Waals surface area (Å²) in [7, 11) is 0. The van der Waals surface area contributed by atoms with E-state index >= 15 is 0 Å². The van der Waals surface area contributed by atoms with Crippen LogP contribution in [0.15, 0.2) is 60.9 Å². The van der Waals surface area contributed by atoms with Crippen molar-refractivity contribution in [2.75, 3.05) is 6.54 Å². The van der Waals surface area contributed by atoms with Gasteiger partial charge in [0.15, 0.2) is 0 Å². The Balaban J connectivity index is 1.61. The van der Waals surface area contributed by atoms with Crippen LogP contribution >= 0.6 is 11.3 Å². The molecule has 0 aliphatic carbocycles. The highest BCUT2D eigenvalue weighted by Gasteiger charge is 2.31. The van der Waals surface area contributed by atoms with Gasteiger partial charge in [-0.05, 0) is 23.1 Å². The Kier molecular flexibility index (Phi) is 3.72. The standard InChI is InChI=1S/C20H18N4OS/c25-19-18(26-20-21-13-22-24(19)20)17(15-7-2-1-3-8-15)23-11-10-14-6-4-5-9-16(14)12-23/h1-9,13,17,25H,10-12H2/t17-/m1/s1. The Bertz CT molecular complexity index is 1060. The minimum Gasteiger partial charge on any atom is -0.492 e. The van der Waals surface area contributed by atoms with E-state index in [2.05, 4.69) is 51.4 Å². The van der Waals surface area contributed by atoms with Gasteiger partial charge in [0.25, 0.3) is 0 Å². The van der Waals surface area contributed by atoms with Crippen LogP contribution in [0.5, 0.6) is 5.88 Å². The van der Waals surface area contributed by atoms with Crippen molar-refractivity contribution in [3.05, 3.63) is 82.5 Å². The van der Waals surface area contributed by atoms with Gasteiger partial charge in [-0.3, -0.25) is 4.90 Å². The highest BCUT2D eigenvalue weighted by molar-refractivity contribution is 7.17. The molecule has 1 atom stereocenters. The number of fused-ring (bicyclic) bond motifs is 2. The van der Waals surface area contributed by atoms with Crippen molar-refractivity contribution in [3.8, 4) is 5.88 Å². The lowest BCUT2D eigenvalue weighted by atomic mass is 9.96. The van der Waals surface area contributed by atoms with Gasteiger partial charge in [0.05, 0.1) is 10.9 Å². The Labute approximate surface area is 155 Å².